The van der Waals surface area contributed by atoms with Crippen LogP contribution in [0, 0.1) is 10.1 Å². The number of hydrogen-bond acceptors (Lipinski definition) is 5. The Labute approximate surface area is 192 Å². The molecule has 1 N–H and O–H groups in total. The third-order valence-electron chi connectivity index (χ3n) is 5.62. The van der Waals surface area contributed by atoms with Crippen LogP contribution in [0.2, 0.25) is 0 Å². The van der Waals surface area contributed by atoms with E-state index in [4.69, 9.17) is 12.2 Å². The van der Waals surface area contributed by atoms with E-state index in [0.29, 0.717) is 5.11 Å². The molecule has 1 aliphatic rings. The lowest BCUT2D eigenvalue weighted by molar-refractivity contribution is -0.384. The molecule has 166 valence electrons. The Morgan fingerprint density at radius 1 is 1.16 bits per heavy atom. The van der Waals surface area contributed by atoms with Gasteiger partial charge in [-0.2, -0.15) is 0 Å². The molecule has 0 spiro atoms. The van der Waals surface area contributed by atoms with E-state index in [-0.39, 0.29) is 22.7 Å². The van der Waals surface area contributed by atoms with Crippen LogP contribution in [0.3, 0.4) is 0 Å². The molecule has 8 nitrogen and oxygen atoms in total. The largest absolute Gasteiger partial charge is 0.352 e. The van der Waals surface area contributed by atoms with Gasteiger partial charge < -0.3 is 19.7 Å². The van der Waals surface area contributed by atoms with Crippen molar-refractivity contribution < 1.29 is 4.92 Å². The Balaban J connectivity index is 1.72. The van der Waals surface area contributed by atoms with Crippen molar-refractivity contribution in [2.45, 2.75) is 18.5 Å². The summed E-state index contributed by atoms with van der Waals surface area (Å²) < 4.78 is 2.07. The molecule has 9 heteroatoms. The number of nitro benzene ring substituents is 1. The summed E-state index contributed by atoms with van der Waals surface area (Å²) in [6, 6.07) is 16.4. The second kappa shape index (κ2) is 9.46. The summed E-state index contributed by atoms with van der Waals surface area (Å²) in [4.78, 5) is 19.7. The van der Waals surface area contributed by atoms with E-state index >= 15 is 0 Å². The number of nitrogens with one attached hydrogen (secondary N) is 1. The zero-order valence-electron chi connectivity index (χ0n) is 18.1. The van der Waals surface area contributed by atoms with Gasteiger partial charge in [-0.15, -0.1) is 0 Å². The number of thiocarbonyl (C=S) groups is 1. The summed E-state index contributed by atoms with van der Waals surface area (Å²) in [5.41, 5.74) is 2.90. The van der Waals surface area contributed by atoms with Crippen LogP contribution in [-0.2, 0) is 0 Å². The Morgan fingerprint density at radius 2 is 1.94 bits per heavy atom. The highest BCUT2D eigenvalue weighted by atomic mass is 32.1. The van der Waals surface area contributed by atoms with Crippen molar-refractivity contribution >= 4 is 23.0 Å². The zero-order valence-corrected chi connectivity index (χ0v) is 18.9. The zero-order chi connectivity index (χ0) is 22.7. The lowest BCUT2D eigenvalue weighted by Crippen LogP contribution is -2.32. The third-order valence-corrected chi connectivity index (χ3v) is 5.98. The molecule has 0 saturated carbocycles. The fraction of sp³-hybridized carbons (Fsp3) is 0.304. The minimum absolute atomic E-state index is 0.0650. The van der Waals surface area contributed by atoms with E-state index in [1.165, 1.54) is 12.1 Å². The molecular formula is C23H26N6O2S. The van der Waals surface area contributed by atoms with Crippen LogP contribution in [0.5, 0.6) is 0 Å². The SMILES string of the molecule is CN(C)CCCN1C(=S)N[C@H](c2ccccn2)[C@@H]1c1cccn1-c1ccc([N+](=O)[O-])cc1. The molecule has 0 amide bonds. The van der Waals surface area contributed by atoms with Crippen molar-refractivity contribution in [2.75, 3.05) is 27.2 Å². The van der Waals surface area contributed by atoms with E-state index in [2.05, 4.69) is 44.8 Å². The number of nitrogens with zero attached hydrogens (tertiary/aromatic N) is 5. The molecule has 1 fully saturated rings. The van der Waals surface area contributed by atoms with Crippen molar-refractivity contribution in [3.8, 4) is 5.69 Å². The molecular weight excluding hydrogens is 424 g/mol. The Morgan fingerprint density at radius 3 is 2.59 bits per heavy atom. The lowest BCUT2D eigenvalue weighted by atomic mass is 10.0. The van der Waals surface area contributed by atoms with Gasteiger partial charge in [0, 0.05) is 42.5 Å². The maximum atomic E-state index is 11.1. The third kappa shape index (κ3) is 4.49. The molecule has 1 aromatic carbocycles. The van der Waals surface area contributed by atoms with Crippen molar-refractivity contribution in [1.82, 2.24) is 24.7 Å². The minimum Gasteiger partial charge on any atom is -0.352 e. The highest BCUT2D eigenvalue weighted by molar-refractivity contribution is 7.80. The van der Waals surface area contributed by atoms with Crippen LogP contribution in [0.25, 0.3) is 5.69 Å². The van der Waals surface area contributed by atoms with Gasteiger partial charge >= 0.3 is 0 Å². The van der Waals surface area contributed by atoms with Gasteiger partial charge in [-0.1, -0.05) is 6.07 Å². The van der Waals surface area contributed by atoms with Crippen LogP contribution in [-0.4, -0.2) is 56.6 Å². The van der Waals surface area contributed by atoms with Crippen LogP contribution < -0.4 is 5.32 Å². The lowest BCUT2D eigenvalue weighted by Gasteiger charge is -2.29. The first-order chi connectivity index (χ1) is 15.5. The van der Waals surface area contributed by atoms with E-state index in [9.17, 15) is 10.1 Å². The van der Waals surface area contributed by atoms with Crippen molar-refractivity contribution in [1.29, 1.82) is 0 Å². The van der Waals surface area contributed by atoms with Gasteiger partial charge in [0.25, 0.3) is 5.69 Å². The number of nitro groups is 1. The Kier molecular flexibility index (Phi) is 6.48. The monoisotopic (exact) mass is 450 g/mol. The van der Waals surface area contributed by atoms with E-state index < -0.39 is 0 Å². The number of pyridine rings is 1. The molecule has 0 unspecified atom stereocenters. The molecule has 32 heavy (non-hydrogen) atoms. The standard InChI is InChI=1S/C23H26N6O2S/c1-26(2)14-6-16-28-22(21(25-23(28)32)19-7-3-4-13-24-19)20-8-5-15-27(20)17-9-11-18(12-10-17)29(30)31/h3-5,7-13,15,21-22H,6,14,16H2,1-2H3,(H,25,32)/t21-,22+/m1/s1. The predicted octanol–water partition coefficient (Wildman–Crippen LogP) is 3.70. The van der Waals surface area contributed by atoms with E-state index in [1.807, 2.05) is 30.5 Å². The molecule has 0 aliphatic carbocycles. The second-order valence-electron chi connectivity index (χ2n) is 8.05. The first-order valence-corrected chi connectivity index (χ1v) is 10.9. The quantitative estimate of drug-likeness (QED) is 0.318. The van der Waals surface area contributed by atoms with Crippen LogP contribution in [0.1, 0.15) is 29.9 Å². The average Bonchev–Trinajstić information content (AvgIpc) is 3.39. The summed E-state index contributed by atoms with van der Waals surface area (Å²) in [6.45, 7) is 1.77. The van der Waals surface area contributed by atoms with Crippen molar-refractivity contribution in [3.05, 3.63) is 88.5 Å². The van der Waals surface area contributed by atoms with Gasteiger partial charge in [-0.25, -0.2) is 0 Å². The molecule has 0 bridgehead atoms. The first-order valence-electron chi connectivity index (χ1n) is 10.5. The highest BCUT2D eigenvalue weighted by Crippen LogP contribution is 2.39. The maximum absolute atomic E-state index is 11.1. The number of non-ortho nitro benzene ring substituents is 1. The number of rotatable bonds is 8. The highest BCUT2D eigenvalue weighted by Gasteiger charge is 2.40. The van der Waals surface area contributed by atoms with Gasteiger partial charge in [0.15, 0.2) is 5.11 Å². The number of benzene rings is 1. The summed E-state index contributed by atoms with van der Waals surface area (Å²) in [7, 11) is 4.13. The number of aromatic nitrogens is 2. The molecule has 0 radical (unpaired) electrons. The molecule has 2 aromatic heterocycles. The average molecular weight is 451 g/mol. The smallest absolute Gasteiger partial charge is 0.269 e. The summed E-state index contributed by atoms with van der Waals surface area (Å²) in [5, 5.41) is 15.2. The van der Waals surface area contributed by atoms with Gasteiger partial charge in [-0.3, -0.25) is 15.1 Å². The number of hydrogen-bond donors (Lipinski definition) is 1. The topological polar surface area (TPSA) is 79.5 Å². The predicted molar refractivity (Wildman–Crippen MR) is 128 cm³/mol. The molecule has 3 aromatic rings. The molecule has 2 atom stereocenters. The maximum Gasteiger partial charge on any atom is 0.269 e. The van der Waals surface area contributed by atoms with E-state index in [0.717, 1.165) is 36.6 Å². The first kappa shape index (κ1) is 21.9. The van der Waals surface area contributed by atoms with Crippen LogP contribution >= 0.6 is 12.2 Å². The molecule has 4 rings (SSSR count). The molecule has 3 heterocycles. The summed E-state index contributed by atoms with van der Waals surface area (Å²) >= 11 is 5.74. The molecule has 1 saturated heterocycles. The van der Waals surface area contributed by atoms with Crippen LogP contribution in [0.4, 0.5) is 5.69 Å². The van der Waals surface area contributed by atoms with Gasteiger partial charge in [0.2, 0.25) is 0 Å². The van der Waals surface area contributed by atoms with E-state index in [1.54, 1.807) is 18.3 Å². The fourth-order valence-corrected chi connectivity index (χ4v) is 4.46. The Bertz CT molecular complexity index is 1080. The van der Waals surface area contributed by atoms with Gasteiger partial charge in [-0.05, 0) is 75.7 Å². The molecule has 1 aliphatic heterocycles. The van der Waals surface area contributed by atoms with Crippen molar-refractivity contribution in [3.63, 3.8) is 0 Å². The summed E-state index contributed by atoms with van der Waals surface area (Å²) in [6.07, 6.45) is 4.74. The minimum atomic E-state index is -0.386. The van der Waals surface area contributed by atoms with Crippen molar-refractivity contribution in [2.24, 2.45) is 0 Å². The fourth-order valence-electron chi connectivity index (χ4n) is 4.13. The van der Waals surface area contributed by atoms with Gasteiger partial charge in [0.05, 0.1) is 22.7 Å². The van der Waals surface area contributed by atoms with Gasteiger partial charge in [0.1, 0.15) is 0 Å². The Hall–Kier alpha value is -3.30. The normalized spacial score (nSPS) is 18.2. The van der Waals surface area contributed by atoms with Crippen LogP contribution in [0.15, 0.2) is 67.0 Å². The second-order valence-corrected chi connectivity index (χ2v) is 8.44. The summed E-state index contributed by atoms with van der Waals surface area (Å²) in [5.74, 6) is 0.